The maximum atomic E-state index is 3.53. The molecule has 1 aliphatic carbocycles. The van der Waals surface area contributed by atoms with Crippen LogP contribution in [0.2, 0.25) is 0 Å². The molecule has 88 valence electrons. The molecule has 0 radical (unpaired) electrons. The smallest absolute Gasteiger partial charge is 0.0254 e. The SMILES string of the molecule is CNC1CCCCC1N1CCCC1(C)C. The van der Waals surface area contributed by atoms with Crippen LogP contribution in [0.1, 0.15) is 52.4 Å². The van der Waals surface area contributed by atoms with Crippen molar-refractivity contribution in [1.29, 1.82) is 0 Å². The second kappa shape index (κ2) is 4.42. The van der Waals surface area contributed by atoms with Crippen LogP contribution in [0.3, 0.4) is 0 Å². The Balaban J connectivity index is 2.07. The molecule has 2 aliphatic rings. The minimum Gasteiger partial charge on any atom is -0.315 e. The van der Waals surface area contributed by atoms with E-state index in [4.69, 9.17) is 0 Å². The van der Waals surface area contributed by atoms with Crippen LogP contribution >= 0.6 is 0 Å². The predicted molar refractivity (Wildman–Crippen MR) is 65.1 cm³/mol. The van der Waals surface area contributed by atoms with Gasteiger partial charge in [0.15, 0.2) is 0 Å². The fourth-order valence-corrected chi connectivity index (χ4v) is 3.56. The Hall–Kier alpha value is -0.0800. The number of nitrogens with one attached hydrogen (secondary N) is 1. The van der Waals surface area contributed by atoms with Crippen molar-refractivity contribution in [3.05, 3.63) is 0 Å². The maximum Gasteiger partial charge on any atom is 0.0254 e. The third-order valence-corrected chi connectivity index (χ3v) is 4.47. The number of nitrogens with zero attached hydrogens (tertiary/aromatic N) is 1. The molecule has 0 aromatic rings. The first-order valence-corrected chi connectivity index (χ1v) is 6.59. The molecule has 0 bridgehead atoms. The summed E-state index contributed by atoms with van der Waals surface area (Å²) in [6.45, 7) is 6.15. The maximum absolute atomic E-state index is 3.53. The van der Waals surface area contributed by atoms with Crippen molar-refractivity contribution in [2.45, 2.75) is 70.0 Å². The number of likely N-dealkylation sites (tertiary alicyclic amines) is 1. The molecule has 1 heterocycles. The minimum atomic E-state index is 0.442. The highest BCUT2D eigenvalue weighted by Gasteiger charge is 2.40. The second-order valence-corrected chi connectivity index (χ2v) is 5.86. The topological polar surface area (TPSA) is 15.3 Å². The van der Waals surface area contributed by atoms with Gasteiger partial charge in [-0.25, -0.2) is 0 Å². The van der Waals surface area contributed by atoms with Gasteiger partial charge in [0, 0.05) is 17.6 Å². The van der Waals surface area contributed by atoms with Gasteiger partial charge in [0.25, 0.3) is 0 Å². The Morgan fingerprint density at radius 3 is 2.47 bits per heavy atom. The highest BCUT2D eigenvalue weighted by atomic mass is 15.3. The molecule has 2 rings (SSSR count). The van der Waals surface area contributed by atoms with Crippen molar-refractivity contribution in [2.75, 3.05) is 13.6 Å². The van der Waals surface area contributed by atoms with Crippen LogP contribution in [0, 0.1) is 0 Å². The second-order valence-electron chi connectivity index (χ2n) is 5.86. The van der Waals surface area contributed by atoms with Crippen LogP contribution in [0.15, 0.2) is 0 Å². The first-order chi connectivity index (χ1) is 7.15. The summed E-state index contributed by atoms with van der Waals surface area (Å²) in [7, 11) is 2.13. The van der Waals surface area contributed by atoms with Gasteiger partial charge >= 0.3 is 0 Å². The predicted octanol–water partition coefficient (Wildman–Crippen LogP) is 2.39. The van der Waals surface area contributed by atoms with Gasteiger partial charge in [-0.2, -0.15) is 0 Å². The Morgan fingerprint density at radius 2 is 1.87 bits per heavy atom. The summed E-state index contributed by atoms with van der Waals surface area (Å²) in [5.74, 6) is 0. The molecule has 2 heteroatoms. The Morgan fingerprint density at radius 1 is 1.13 bits per heavy atom. The summed E-state index contributed by atoms with van der Waals surface area (Å²) in [5, 5.41) is 3.53. The van der Waals surface area contributed by atoms with Crippen molar-refractivity contribution in [3.8, 4) is 0 Å². The quantitative estimate of drug-likeness (QED) is 0.753. The first-order valence-electron chi connectivity index (χ1n) is 6.59. The van der Waals surface area contributed by atoms with Crippen LogP contribution in [0.25, 0.3) is 0 Å². The number of hydrogen-bond donors (Lipinski definition) is 1. The summed E-state index contributed by atoms with van der Waals surface area (Å²) in [6, 6.07) is 1.53. The number of hydrogen-bond acceptors (Lipinski definition) is 2. The molecule has 15 heavy (non-hydrogen) atoms. The Bertz CT molecular complexity index is 213. The van der Waals surface area contributed by atoms with E-state index in [0.717, 1.165) is 12.1 Å². The van der Waals surface area contributed by atoms with E-state index < -0.39 is 0 Å². The van der Waals surface area contributed by atoms with Gasteiger partial charge < -0.3 is 5.32 Å². The van der Waals surface area contributed by atoms with Crippen molar-refractivity contribution in [2.24, 2.45) is 0 Å². The van der Waals surface area contributed by atoms with E-state index in [9.17, 15) is 0 Å². The molecule has 2 atom stereocenters. The van der Waals surface area contributed by atoms with Crippen molar-refractivity contribution in [1.82, 2.24) is 10.2 Å². The monoisotopic (exact) mass is 210 g/mol. The molecular weight excluding hydrogens is 184 g/mol. The molecule has 0 aromatic heterocycles. The Kier molecular flexibility index (Phi) is 3.36. The van der Waals surface area contributed by atoms with Gasteiger partial charge in [0.05, 0.1) is 0 Å². The largest absolute Gasteiger partial charge is 0.315 e. The zero-order valence-electron chi connectivity index (χ0n) is 10.6. The summed E-state index contributed by atoms with van der Waals surface area (Å²) in [6.07, 6.45) is 8.37. The van der Waals surface area contributed by atoms with E-state index in [2.05, 4.69) is 31.1 Å². The average molecular weight is 210 g/mol. The van der Waals surface area contributed by atoms with Crippen molar-refractivity contribution in [3.63, 3.8) is 0 Å². The molecular formula is C13H26N2. The van der Waals surface area contributed by atoms with Gasteiger partial charge in [0.2, 0.25) is 0 Å². The zero-order valence-corrected chi connectivity index (χ0v) is 10.6. The van der Waals surface area contributed by atoms with E-state index in [0.29, 0.717) is 5.54 Å². The lowest BCUT2D eigenvalue weighted by molar-refractivity contribution is 0.0682. The molecule has 1 aliphatic heterocycles. The van der Waals surface area contributed by atoms with Crippen molar-refractivity contribution >= 4 is 0 Å². The van der Waals surface area contributed by atoms with Gasteiger partial charge in [-0.3, -0.25) is 4.90 Å². The molecule has 1 saturated heterocycles. The van der Waals surface area contributed by atoms with Crippen LogP contribution in [-0.2, 0) is 0 Å². The van der Waals surface area contributed by atoms with E-state index in [1.807, 2.05) is 0 Å². The highest BCUT2D eigenvalue weighted by molar-refractivity contribution is 4.97. The average Bonchev–Trinajstić information content (AvgIpc) is 2.58. The fourth-order valence-electron chi connectivity index (χ4n) is 3.56. The number of rotatable bonds is 2. The highest BCUT2D eigenvalue weighted by Crippen LogP contribution is 2.35. The van der Waals surface area contributed by atoms with Crippen molar-refractivity contribution < 1.29 is 0 Å². The molecule has 0 amide bonds. The van der Waals surface area contributed by atoms with Crippen LogP contribution < -0.4 is 5.32 Å². The Labute approximate surface area is 94.4 Å². The van der Waals surface area contributed by atoms with Gasteiger partial charge in [0.1, 0.15) is 0 Å². The third kappa shape index (κ3) is 2.21. The molecule has 2 fully saturated rings. The summed E-state index contributed by atoms with van der Waals surface area (Å²) >= 11 is 0. The molecule has 1 saturated carbocycles. The van der Waals surface area contributed by atoms with Gasteiger partial charge in [-0.1, -0.05) is 12.8 Å². The number of likely N-dealkylation sites (N-methyl/N-ethyl adjacent to an activating group) is 1. The molecule has 0 spiro atoms. The van der Waals surface area contributed by atoms with Crippen LogP contribution in [-0.4, -0.2) is 36.1 Å². The van der Waals surface area contributed by atoms with E-state index >= 15 is 0 Å². The summed E-state index contributed by atoms with van der Waals surface area (Å²) in [4.78, 5) is 2.77. The third-order valence-electron chi connectivity index (χ3n) is 4.47. The van der Waals surface area contributed by atoms with Gasteiger partial charge in [-0.15, -0.1) is 0 Å². The van der Waals surface area contributed by atoms with Crippen LogP contribution in [0.5, 0.6) is 0 Å². The lowest BCUT2D eigenvalue weighted by atomic mass is 9.87. The van der Waals surface area contributed by atoms with Gasteiger partial charge in [-0.05, 0) is 53.1 Å². The zero-order chi connectivity index (χ0) is 10.9. The lowest BCUT2D eigenvalue weighted by Crippen LogP contribution is -2.55. The van der Waals surface area contributed by atoms with E-state index in [1.54, 1.807) is 0 Å². The van der Waals surface area contributed by atoms with Crippen LogP contribution in [0.4, 0.5) is 0 Å². The first kappa shape index (κ1) is 11.4. The normalized spacial score (nSPS) is 37.0. The summed E-state index contributed by atoms with van der Waals surface area (Å²) < 4.78 is 0. The minimum absolute atomic E-state index is 0.442. The lowest BCUT2D eigenvalue weighted by Gasteiger charge is -2.44. The molecule has 0 aromatic carbocycles. The standard InChI is InChI=1S/C13H26N2/c1-13(2)9-6-10-15(13)12-8-5-4-7-11(12)14-3/h11-12,14H,4-10H2,1-3H3. The molecule has 2 unspecified atom stereocenters. The fraction of sp³-hybridized carbons (Fsp3) is 1.00. The molecule has 1 N–H and O–H groups in total. The summed E-state index contributed by atoms with van der Waals surface area (Å²) in [5.41, 5.74) is 0.442. The van der Waals surface area contributed by atoms with E-state index in [1.165, 1.54) is 45.1 Å². The van der Waals surface area contributed by atoms with E-state index in [-0.39, 0.29) is 0 Å². The molecule has 2 nitrogen and oxygen atoms in total.